The number of rotatable bonds is 0. The van der Waals surface area contributed by atoms with E-state index >= 15 is 0 Å². The van der Waals surface area contributed by atoms with Gasteiger partial charge in [-0.3, -0.25) is 0 Å². The van der Waals surface area contributed by atoms with E-state index in [9.17, 15) is 5.11 Å². The van der Waals surface area contributed by atoms with E-state index in [1.54, 1.807) is 5.57 Å². The molecule has 0 aromatic heterocycles. The monoisotopic (exact) mass is 288 g/mol. The van der Waals surface area contributed by atoms with E-state index in [1.165, 1.54) is 38.5 Å². The summed E-state index contributed by atoms with van der Waals surface area (Å²) in [6.45, 7) is 7.58. The van der Waals surface area contributed by atoms with Gasteiger partial charge in [-0.1, -0.05) is 38.8 Å². The Labute approximate surface area is 130 Å². The summed E-state index contributed by atoms with van der Waals surface area (Å²) in [6.07, 6.45) is 13.0. The van der Waals surface area contributed by atoms with Crippen LogP contribution in [0.3, 0.4) is 0 Å². The molecule has 118 valence electrons. The highest BCUT2D eigenvalue weighted by Crippen LogP contribution is 2.65. The molecule has 0 saturated heterocycles. The zero-order valence-corrected chi connectivity index (χ0v) is 14.1. The molecule has 0 heterocycles. The Bertz CT molecular complexity index is 466. The third-order valence-corrected chi connectivity index (χ3v) is 8.19. The summed E-state index contributed by atoms with van der Waals surface area (Å²) >= 11 is 0. The molecule has 1 nitrogen and oxygen atoms in total. The van der Waals surface area contributed by atoms with E-state index in [-0.39, 0.29) is 6.10 Å². The van der Waals surface area contributed by atoms with Crippen LogP contribution in [0.4, 0.5) is 0 Å². The second-order valence-corrected chi connectivity index (χ2v) is 9.24. The van der Waals surface area contributed by atoms with Crippen molar-refractivity contribution in [3.05, 3.63) is 11.6 Å². The van der Waals surface area contributed by atoms with Crippen LogP contribution in [0.1, 0.15) is 72.1 Å². The Morgan fingerprint density at radius 3 is 2.67 bits per heavy atom. The van der Waals surface area contributed by atoms with Crippen LogP contribution in [0.2, 0.25) is 0 Å². The molecule has 0 aromatic carbocycles. The maximum absolute atomic E-state index is 10.1. The first-order chi connectivity index (χ1) is 9.94. The number of aliphatic hydroxyl groups is 1. The lowest BCUT2D eigenvalue weighted by Crippen LogP contribution is -2.51. The maximum Gasteiger partial charge on any atom is 0.0577 e. The minimum atomic E-state index is -0.0755. The maximum atomic E-state index is 10.1. The summed E-state index contributed by atoms with van der Waals surface area (Å²) in [5, 5.41) is 10.1. The predicted molar refractivity (Wildman–Crippen MR) is 86.9 cm³/mol. The molecule has 0 radical (unpaired) electrons. The van der Waals surface area contributed by atoms with Crippen molar-refractivity contribution in [2.75, 3.05) is 0 Å². The van der Waals surface area contributed by atoms with Gasteiger partial charge in [-0.15, -0.1) is 0 Å². The van der Waals surface area contributed by atoms with Crippen LogP contribution in [-0.4, -0.2) is 11.2 Å². The zero-order chi connectivity index (χ0) is 14.8. The zero-order valence-electron chi connectivity index (χ0n) is 14.1. The Morgan fingerprint density at radius 1 is 1.05 bits per heavy atom. The molecule has 0 spiro atoms. The molecule has 4 aliphatic rings. The molecule has 4 aliphatic carbocycles. The Kier molecular flexibility index (Phi) is 3.13. The first kappa shape index (κ1) is 14.3. The lowest BCUT2D eigenvalue weighted by Gasteiger charge is -2.59. The highest BCUT2D eigenvalue weighted by molar-refractivity contribution is 5.26. The SMILES string of the molecule is C[C@@H]1C=C2C[C@@H](O)CC[C@]2(C)[C@H]2CC[C@]3(C)CCC[C@H]3[C@H]12. The number of hydrogen-bond donors (Lipinski definition) is 1. The number of fused-ring (bicyclic) bond motifs is 5. The molecule has 0 aromatic rings. The van der Waals surface area contributed by atoms with Gasteiger partial charge in [0.2, 0.25) is 0 Å². The summed E-state index contributed by atoms with van der Waals surface area (Å²) in [6, 6.07) is 0. The minimum absolute atomic E-state index is 0.0755. The van der Waals surface area contributed by atoms with E-state index in [4.69, 9.17) is 0 Å². The van der Waals surface area contributed by atoms with Crippen molar-refractivity contribution in [2.24, 2.45) is 34.5 Å². The van der Waals surface area contributed by atoms with Crippen molar-refractivity contribution in [2.45, 2.75) is 78.2 Å². The molecule has 3 fully saturated rings. The fraction of sp³-hybridized carbons (Fsp3) is 0.900. The second kappa shape index (κ2) is 4.60. The van der Waals surface area contributed by atoms with Gasteiger partial charge in [0.1, 0.15) is 0 Å². The molecule has 4 rings (SSSR count). The molecule has 21 heavy (non-hydrogen) atoms. The van der Waals surface area contributed by atoms with Crippen LogP contribution in [0.5, 0.6) is 0 Å². The smallest absolute Gasteiger partial charge is 0.0577 e. The van der Waals surface area contributed by atoms with Gasteiger partial charge >= 0.3 is 0 Å². The highest BCUT2D eigenvalue weighted by atomic mass is 16.3. The van der Waals surface area contributed by atoms with Gasteiger partial charge in [0.25, 0.3) is 0 Å². The molecule has 0 amide bonds. The van der Waals surface area contributed by atoms with Crippen LogP contribution >= 0.6 is 0 Å². The highest BCUT2D eigenvalue weighted by Gasteiger charge is 2.57. The molecular weight excluding hydrogens is 256 g/mol. The quantitative estimate of drug-likeness (QED) is 0.626. The molecule has 1 N–H and O–H groups in total. The first-order valence-electron chi connectivity index (χ1n) is 9.33. The number of aliphatic hydroxyl groups excluding tert-OH is 1. The van der Waals surface area contributed by atoms with Gasteiger partial charge in [-0.25, -0.2) is 0 Å². The fourth-order valence-corrected chi connectivity index (χ4v) is 6.99. The fourth-order valence-electron chi connectivity index (χ4n) is 6.99. The Hall–Kier alpha value is -0.300. The van der Waals surface area contributed by atoms with Gasteiger partial charge in [0.15, 0.2) is 0 Å². The van der Waals surface area contributed by atoms with Crippen LogP contribution < -0.4 is 0 Å². The standard InChI is InChI=1S/C20H32O/c1-13-11-14-12-15(21)6-10-20(14,3)17-7-9-19(2)8-4-5-16(19)18(13)17/h11,13,15-18,21H,4-10,12H2,1-3H3/t13-,15+,16+,17+,18+,19+,20+/m1/s1. The van der Waals surface area contributed by atoms with E-state index in [0.29, 0.717) is 10.8 Å². The second-order valence-electron chi connectivity index (χ2n) is 9.24. The first-order valence-corrected chi connectivity index (χ1v) is 9.33. The van der Waals surface area contributed by atoms with Gasteiger partial charge in [-0.05, 0) is 79.4 Å². The van der Waals surface area contributed by atoms with E-state index in [1.807, 2.05) is 0 Å². The van der Waals surface area contributed by atoms with Crippen LogP contribution in [-0.2, 0) is 0 Å². The van der Waals surface area contributed by atoms with Crippen molar-refractivity contribution in [1.29, 1.82) is 0 Å². The Balaban J connectivity index is 1.73. The van der Waals surface area contributed by atoms with Crippen molar-refractivity contribution in [1.82, 2.24) is 0 Å². The van der Waals surface area contributed by atoms with E-state index in [2.05, 4.69) is 26.8 Å². The van der Waals surface area contributed by atoms with Gasteiger partial charge in [-0.2, -0.15) is 0 Å². The van der Waals surface area contributed by atoms with Crippen LogP contribution in [0, 0.1) is 34.5 Å². The lowest BCUT2D eigenvalue weighted by atomic mass is 9.46. The van der Waals surface area contributed by atoms with E-state index in [0.717, 1.165) is 36.5 Å². The summed E-state index contributed by atoms with van der Waals surface area (Å²) in [5.41, 5.74) is 2.66. The normalized spacial score (nSPS) is 56.2. The molecule has 3 saturated carbocycles. The summed E-state index contributed by atoms with van der Waals surface area (Å²) < 4.78 is 0. The molecule has 0 aliphatic heterocycles. The predicted octanol–water partition coefficient (Wildman–Crippen LogP) is 4.95. The molecule has 0 bridgehead atoms. The van der Waals surface area contributed by atoms with Crippen molar-refractivity contribution in [3.63, 3.8) is 0 Å². The minimum Gasteiger partial charge on any atom is -0.393 e. The summed E-state index contributed by atoms with van der Waals surface area (Å²) in [4.78, 5) is 0. The number of allylic oxidation sites excluding steroid dienone is 1. The van der Waals surface area contributed by atoms with Gasteiger partial charge in [0, 0.05) is 0 Å². The topological polar surface area (TPSA) is 20.2 Å². The summed E-state index contributed by atoms with van der Waals surface area (Å²) in [5.74, 6) is 3.49. The number of hydrogen-bond acceptors (Lipinski definition) is 1. The molecule has 0 unspecified atom stereocenters. The Morgan fingerprint density at radius 2 is 1.86 bits per heavy atom. The molecule has 7 atom stereocenters. The van der Waals surface area contributed by atoms with Crippen molar-refractivity contribution >= 4 is 0 Å². The third kappa shape index (κ3) is 1.92. The average molecular weight is 288 g/mol. The average Bonchev–Trinajstić information content (AvgIpc) is 2.82. The van der Waals surface area contributed by atoms with Crippen molar-refractivity contribution in [3.8, 4) is 0 Å². The third-order valence-electron chi connectivity index (χ3n) is 8.19. The van der Waals surface area contributed by atoms with Gasteiger partial charge < -0.3 is 5.11 Å². The van der Waals surface area contributed by atoms with Crippen molar-refractivity contribution < 1.29 is 5.11 Å². The van der Waals surface area contributed by atoms with E-state index < -0.39 is 0 Å². The van der Waals surface area contributed by atoms with Crippen LogP contribution in [0.15, 0.2) is 11.6 Å². The lowest BCUT2D eigenvalue weighted by molar-refractivity contribution is -0.0541. The molecular formula is C20H32O. The molecule has 1 heteroatoms. The largest absolute Gasteiger partial charge is 0.393 e. The van der Waals surface area contributed by atoms with Crippen LogP contribution in [0.25, 0.3) is 0 Å². The van der Waals surface area contributed by atoms with Gasteiger partial charge in [0.05, 0.1) is 6.10 Å². The summed E-state index contributed by atoms with van der Waals surface area (Å²) in [7, 11) is 0.